The van der Waals surface area contributed by atoms with E-state index in [9.17, 15) is 10.0 Å². The highest BCUT2D eigenvalue weighted by Gasteiger charge is 2.15. The molecule has 0 saturated carbocycles. The monoisotopic (exact) mass is 274 g/mol. The van der Waals surface area contributed by atoms with E-state index in [1.54, 1.807) is 31.0 Å². The molecule has 0 fully saturated rings. The molecule has 0 amide bonds. The number of hydrogen-bond acceptors (Lipinski definition) is 4. The molecule has 0 bridgehead atoms. The molecule has 0 unspecified atom stereocenters. The molecule has 0 aromatic heterocycles. The molecule has 0 aliphatic heterocycles. The molecular weight excluding hydrogens is 259 g/mol. The lowest BCUT2D eigenvalue weighted by atomic mass is 9.77. The van der Waals surface area contributed by atoms with E-state index in [0.29, 0.717) is 11.2 Å². The lowest BCUT2D eigenvalue weighted by molar-refractivity contribution is 0.405. The number of ether oxygens (including phenoxy) is 1. The van der Waals surface area contributed by atoms with Crippen molar-refractivity contribution in [3.05, 3.63) is 54.1 Å². The zero-order valence-electron chi connectivity index (χ0n) is 10.6. The Morgan fingerprint density at radius 3 is 2.47 bits per heavy atom. The lowest BCUT2D eigenvalue weighted by Crippen LogP contribution is -2.32. The molecule has 0 saturated heterocycles. The average molecular weight is 274 g/mol. The molecule has 2 N–H and O–H groups in total. The van der Waals surface area contributed by atoms with Gasteiger partial charge in [0.05, 0.1) is 7.11 Å². The standard InChI is InChI=1S/C14H15BO3S/c1-18-13-8-4-5-9-14(13)19-10-11-6-2-3-7-12(11)15(16)17/h2-9,16-17H,10H2,1H3. The molecule has 0 aliphatic carbocycles. The molecule has 3 nitrogen and oxygen atoms in total. The second-order valence-corrected chi connectivity index (χ2v) is 5.03. The van der Waals surface area contributed by atoms with Gasteiger partial charge >= 0.3 is 7.12 Å². The normalized spacial score (nSPS) is 10.3. The predicted molar refractivity (Wildman–Crippen MR) is 78.8 cm³/mol. The van der Waals surface area contributed by atoms with Crippen LogP contribution in [0.1, 0.15) is 5.56 Å². The Morgan fingerprint density at radius 1 is 1.05 bits per heavy atom. The SMILES string of the molecule is COc1ccccc1SCc1ccccc1B(O)O. The third-order valence-corrected chi connectivity index (χ3v) is 3.89. The van der Waals surface area contributed by atoms with Crippen LogP contribution in [0.5, 0.6) is 5.75 Å². The van der Waals surface area contributed by atoms with Crippen LogP contribution in [0.25, 0.3) is 0 Å². The van der Waals surface area contributed by atoms with Gasteiger partial charge in [0, 0.05) is 10.6 Å². The van der Waals surface area contributed by atoms with Crippen molar-refractivity contribution in [1.29, 1.82) is 0 Å². The minimum atomic E-state index is -1.44. The van der Waals surface area contributed by atoms with Crippen LogP contribution < -0.4 is 10.2 Å². The summed E-state index contributed by atoms with van der Waals surface area (Å²) in [4.78, 5) is 1.03. The molecule has 0 spiro atoms. The molecule has 5 heteroatoms. The Balaban J connectivity index is 2.15. The second-order valence-electron chi connectivity index (χ2n) is 4.01. The van der Waals surface area contributed by atoms with E-state index in [2.05, 4.69) is 0 Å². The van der Waals surface area contributed by atoms with Crippen molar-refractivity contribution in [2.24, 2.45) is 0 Å². The highest BCUT2D eigenvalue weighted by molar-refractivity contribution is 7.98. The van der Waals surface area contributed by atoms with Gasteiger partial charge in [-0.2, -0.15) is 0 Å². The van der Waals surface area contributed by atoms with Gasteiger partial charge in [-0.05, 0) is 23.2 Å². The lowest BCUT2D eigenvalue weighted by Gasteiger charge is -2.10. The van der Waals surface area contributed by atoms with Crippen LogP contribution in [0, 0.1) is 0 Å². The summed E-state index contributed by atoms with van der Waals surface area (Å²) in [5.41, 5.74) is 1.46. The second kappa shape index (κ2) is 6.66. The van der Waals surface area contributed by atoms with E-state index in [4.69, 9.17) is 4.74 Å². The number of thioether (sulfide) groups is 1. The van der Waals surface area contributed by atoms with Crippen molar-refractivity contribution in [3.63, 3.8) is 0 Å². The number of methoxy groups -OCH3 is 1. The highest BCUT2D eigenvalue weighted by Crippen LogP contribution is 2.30. The molecule has 2 aromatic rings. The fraction of sp³-hybridized carbons (Fsp3) is 0.143. The van der Waals surface area contributed by atoms with Crippen LogP contribution in [0.4, 0.5) is 0 Å². The van der Waals surface area contributed by atoms with Crippen LogP contribution >= 0.6 is 11.8 Å². The zero-order chi connectivity index (χ0) is 13.7. The van der Waals surface area contributed by atoms with Gasteiger partial charge < -0.3 is 14.8 Å². The van der Waals surface area contributed by atoms with Crippen molar-refractivity contribution < 1.29 is 14.8 Å². The first-order valence-corrected chi connectivity index (χ1v) is 6.90. The highest BCUT2D eigenvalue weighted by atomic mass is 32.2. The van der Waals surface area contributed by atoms with E-state index in [1.807, 2.05) is 36.4 Å². The molecule has 0 heterocycles. The van der Waals surface area contributed by atoms with Gasteiger partial charge in [-0.15, -0.1) is 11.8 Å². The topological polar surface area (TPSA) is 49.7 Å². The summed E-state index contributed by atoms with van der Waals surface area (Å²) in [5.74, 6) is 1.49. The van der Waals surface area contributed by atoms with Crippen LogP contribution in [0.2, 0.25) is 0 Å². The van der Waals surface area contributed by atoms with Gasteiger partial charge in [0.1, 0.15) is 5.75 Å². The van der Waals surface area contributed by atoms with Crippen molar-refractivity contribution in [2.75, 3.05) is 7.11 Å². The first-order chi connectivity index (χ1) is 9.22. The quantitative estimate of drug-likeness (QED) is 0.643. The number of rotatable bonds is 5. The van der Waals surface area contributed by atoms with Gasteiger partial charge in [0.2, 0.25) is 0 Å². The summed E-state index contributed by atoms with van der Waals surface area (Å²) in [6.45, 7) is 0. The Morgan fingerprint density at radius 2 is 1.74 bits per heavy atom. The fourth-order valence-corrected chi connectivity index (χ4v) is 2.85. The minimum Gasteiger partial charge on any atom is -0.496 e. The first kappa shape index (κ1) is 14.0. The maximum absolute atomic E-state index is 9.32. The summed E-state index contributed by atoms with van der Waals surface area (Å²) < 4.78 is 5.29. The van der Waals surface area contributed by atoms with Gasteiger partial charge in [0.25, 0.3) is 0 Å². The predicted octanol–water partition coefficient (Wildman–Crippen LogP) is 1.67. The molecule has 2 rings (SSSR count). The van der Waals surface area contributed by atoms with Gasteiger partial charge in [0.15, 0.2) is 0 Å². The van der Waals surface area contributed by atoms with Crippen LogP contribution in [0.3, 0.4) is 0 Å². The number of benzene rings is 2. The van der Waals surface area contributed by atoms with E-state index >= 15 is 0 Å². The van der Waals surface area contributed by atoms with Crippen molar-refractivity contribution in [3.8, 4) is 5.75 Å². The van der Waals surface area contributed by atoms with Crippen LogP contribution in [0.15, 0.2) is 53.4 Å². The van der Waals surface area contributed by atoms with Gasteiger partial charge in [-0.1, -0.05) is 36.4 Å². The molecule has 98 valence electrons. The smallest absolute Gasteiger partial charge is 0.488 e. The zero-order valence-corrected chi connectivity index (χ0v) is 11.4. The number of hydrogen-bond donors (Lipinski definition) is 2. The maximum atomic E-state index is 9.32. The van der Waals surface area contributed by atoms with Gasteiger partial charge in [-0.25, -0.2) is 0 Å². The average Bonchev–Trinajstić information content (AvgIpc) is 2.45. The van der Waals surface area contributed by atoms with Crippen LogP contribution in [-0.2, 0) is 5.75 Å². The van der Waals surface area contributed by atoms with E-state index in [-0.39, 0.29) is 0 Å². The molecule has 2 aromatic carbocycles. The van der Waals surface area contributed by atoms with Crippen LogP contribution in [-0.4, -0.2) is 24.3 Å². The number of para-hydroxylation sites is 1. The summed E-state index contributed by atoms with van der Waals surface area (Å²) in [7, 11) is 0.208. The third-order valence-electron chi connectivity index (χ3n) is 2.79. The fourth-order valence-electron chi connectivity index (χ4n) is 1.81. The molecule has 0 radical (unpaired) electrons. The van der Waals surface area contributed by atoms with E-state index < -0.39 is 7.12 Å². The van der Waals surface area contributed by atoms with E-state index in [1.165, 1.54) is 0 Å². The van der Waals surface area contributed by atoms with Crippen molar-refractivity contribution in [2.45, 2.75) is 10.6 Å². The summed E-state index contributed by atoms with van der Waals surface area (Å²) in [5, 5.41) is 18.6. The Kier molecular flexibility index (Phi) is 4.90. The van der Waals surface area contributed by atoms with Gasteiger partial charge in [-0.3, -0.25) is 0 Å². The largest absolute Gasteiger partial charge is 0.496 e. The molecular formula is C14H15BO3S. The molecule has 0 aliphatic rings. The summed E-state index contributed by atoms with van der Waals surface area (Å²) >= 11 is 1.61. The Labute approximate surface area is 117 Å². The minimum absolute atomic E-state index is 0.546. The Bertz CT molecular complexity index is 546. The van der Waals surface area contributed by atoms with Crippen molar-refractivity contribution >= 4 is 24.3 Å². The summed E-state index contributed by atoms with van der Waals surface area (Å²) in [6, 6.07) is 15.1. The molecule has 19 heavy (non-hydrogen) atoms. The molecule has 0 atom stereocenters. The third kappa shape index (κ3) is 3.53. The van der Waals surface area contributed by atoms with E-state index in [0.717, 1.165) is 16.2 Å². The Hall–Kier alpha value is -1.43. The maximum Gasteiger partial charge on any atom is 0.488 e. The first-order valence-electron chi connectivity index (χ1n) is 5.92. The summed E-state index contributed by atoms with van der Waals surface area (Å²) in [6.07, 6.45) is 0. The van der Waals surface area contributed by atoms with Crippen molar-refractivity contribution in [1.82, 2.24) is 0 Å².